The van der Waals surface area contributed by atoms with Crippen LogP contribution in [0.15, 0.2) is 4.52 Å². The van der Waals surface area contributed by atoms with Crippen molar-refractivity contribution in [1.82, 2.24) is 19.2 Å². The number of piperidine rings is 1. The van der Waals surface area contributed by atoms with Crippen molar-refractivity contribution in [3.63, 3.8) is 0 Å². The molecule has 1 aliphatic rings. The van der Waals surface area contributed by atoms with Crippen molar-refractivity contribution in [1.29, 1.82) is 0 Å². The number of hydrogen-bond donors (Lipinski definition) is 2. The minimum atomic E-state index is -3.57. The molecule has 1 aliphatic heterocycles. The maximum absolute atomic E-state index is 12.2. The minimum Gasteiger partial charge on any atom is -0.395 e. The maximum atomic E-state index is 12.2. The van der Waals surface area contributed by atoms with E-state index in [1.54, 1.807) is 6.92 Å². The molecule has 0 spiro atoms. The Morgan fingerprint density at radius 2 is 2.30 bits per heavy atom. The maximum Gasteiger partial charge on any atom is 0.279 e. The fraction of sp³-hybridized carbons (Fsp3) is 0.818. The zero-order valence-corrected chi connectivity index (χ0v) is 12.3. The van der Waals surface area contributed by atoms with Gasteiger partial charge in [-0.15, -0.1) is 0 Å². The van der Waals surface area contributed by atoms with Crippen molar-refractivity contribution < 1.29 is 18.0 Å². The van der Waals surface area contributed by atoms with Crippen molar-refractivity contribution in [3.05, 3.63) is 11.7 Å². The molecule has 114 valence electrons. The molecule has 1 aromatic rings. The molecule has 2 N–H and O–H groups in total. The van der Waals surface area contributed by atoms with Crippen molar-refractivity contribution in [2.45, 2.75) is 38.6 Å². The minimum absolute atomic E-state index is 0.148. The predicted molar refractivity (Wildman–Crippen MR) is 71.1 cm³/mol. The van der Waals surface area contributed by atoms with Crippen LogP contribution in [-0.2, 0) is 16.6 Å². The second kappa shape index (κ2) is 6.61. The lowest BCUT2D eigenvalue weighted by atomic mass is 10.1. The Morgan fingerprint density at radius 1 is 1.50 bits per heavy atom. The van der Waals surface area contributed by atoms with E-state index in [0.29, 0.717) is 31.1 Å². The molecule has 1 aromatic heterocycles. The highest BCUT2D eigenvalue weighted by atomic mass is 32.2. The molecular weight excluding hydrogens is 284 g/mol. The van der Waals surface area contributed by atoms with Gasteiger partial charge in [-0.2, -0.15) is 17.7 Å². The number of nitrogens with one attached hydrogen (secondary N) is 1. The van der Waals surface area contributed by atoms with E-state index in [-0.39, 0.29) is 19.2 Å². The first-order chi connectivity index (χ1) is 9.53. The summed E-state index contributed by atoms with van der Waals surface area (Å²) in [6, 6.07) is -0.325. The molecule has 1 unspecified atom stereocenters. The molecule has 1 fully saturated rings. The van der Waals surface area contributed by atoms with E-state index in [9.17, 15) is 13.5 Å². The molecule has 0 amide bonds. The van der Waals surface area contributed by atoms with Crippen LogP contribution in [0.1, 0.15) is 31.0 Å². The summed E-state index contributed by atoms with van der Waals surface area (Å²) in [5.74, 6) is 0.932. The average molecular weight is 304 g/mol. The summed E-state index contributed by atoms with van der Waals surface area (Å²) >= 11 is 0. The van der Waals surface area contributed by atoms with Crippen molar-refractivity contribution >= 4 is 10.2 Å². The van der Waals surface area contributed by atoms with Crippen LogP contribution in [0.25, 0.3) is 0 Å². The average Bonchev–Trinajstić information content (AvgIpc) is 2.84. The van der Waals surface area contributed by atoms with Gasteiger partial charge in [0.25, 0.3) is 10.2 Å². The lowest BCUT2D eigenvalue weighted by Gasteiger charge is -2.33. The summed E-state index contributed by atoms with van der Waals surface area (Å²) in [4.78, 5) is 4.01. The zero-order valence-electron chi connectivity index (χ0n) is 11.4. The van der Waals surface area contributed by atoms with E-state index in [1.807, 2.05) is 0 Å². The van der Waals surface area contributed by atoms with Gasteiger partial charge >= 0.3 is 0 Å². The van der Waals surface area contributed by atoms with E-state index in [1.165, 1.54) is 4.31 Å². The first-order valence-electron chi connectivity index (χ1n) is 6.69. The van der Waals surface area contributed by atoms with Crippen LogP contribution in [0.4, 0.5) is 0 Å². The number of rotatable bonds is 6. The first-order valence-corrected chi connectivity index (χ1v) is 8.13. The number of aromatic nitrogens is 2. The summed E-state index contributed by atoms with van der Waals surface area (Å²) in [5, 5.41) is 13.0. The molecular formula is C11H20N4O4S. The molecule has 1 saturated heterocycles. The molecule has 0 radical (unpaired) electrons. The zero-order chi connectivity index (χ0) is 14.6. The predicted octanol–water partition coefficient (Wildman–Crippen LogP) is -0.398. The van der Waals surface area contributed by atoms with Crippen LogP contribution in [0, 0.1) is 6.92 Å². The van der Waals surface area contributed by atoms with Gasteiger partial charge in [0.1, 0.15) is 0 Å². The third kappa shape index (κ3) is 3.75. The number of nitrogens with zero attached hydrogens (tertiary/aromatic N) is 3. The quantitative estimate of drug-likeness (QED) is 0.740. The monoisotopic (exact) mass is 304 g/mol. The Hall–Kier alpha value is -1.03. The van der Waals surface area contributed by atoms with Crippen molar-refractivity contribution in [2.24, 2.45) is 0 Å². The summed E-state index contributed by atoms with van der Waals surface area (Å²) in [7, 11) is -3.57. The second-order valence-electron chi connectivity index (χ2n) is 4.82. The summed E-state index contributed by atoms with van der Waals surface area (Å²) < 4.78 is 33.1. The molecule has 8 nitrogen and oxygen atoms in total. The van der Waals surface area contributed by atoms with Gasteiger partial charge in [-0.3, -0.25) is 0 Å². The Balaban J connectivity index is 1.89. The van der Waals surface area contributed by atoms with Crippen molar-refractivity contribution in [3.8, 4) is 0 Å². The van der Waals surface area contributed by atoms with Gasteiger partial charge in [-0.1, -0.05) is 11.6 Å². The number of hydrogen-bond acceptors (Lipinski definition) is 6. The second-order valence-corrected chi connectivity index (χ2v) is 6.53. The fourth-order valence-electron chi connectivity index (χ4n) is 2.29. The normalized spacial score (nSPS) is 21.2. The Kier molecular flexibility index (Phi) is 5.08. The van der Waals surface area contributed by atoms with Gasteiger partial charge in [0.05, 0.1) is 6.61 Å². The number of aryl methyl sites for hydroxylation is 1. The molecule has 0 aromatic carbocycles. The topological polar surface area (TPSA) is 109 Å². The van der Waals surface area contributed by atoms with E-state index in [2.05, 4.69) is 14.9 Å². The van der Waals surface area contributed by atoms with Crippen LogP contribution < -0.4 is 4.72 Å². The van der Waals surface area contributed by atoms with E-state index in [0.717, 1.165) is 12.8 Å². The molecule has 0 bridgehead atoms. The van der Waals surface area contributed by atoms with Crippen LogP contribution >= 0.6 is 0 Å². The van der Waals surface area contributed by atoms with Gasteiger partial charge in [0, 0.05) is 32.5 Å². The van der Waals surface area contributed by atoms with E-state index in [4.69, 9.17) is 4.52 Å². The fourth-order valence-corrected chi connectivity index (χ4v) is 3.75. The Labute approximate surface area is 118 Å². The molecule has 0 aliphatic carbocycles. The van der Waals surface area contributed by atoms with Crippen LogP contribution in [0.3, 0.4) is 0 Å². The molecule has 0 saturated carbocycles. The van der Waals surface area contributed by atoms with Crippen LogP contribution in [0.5, 0.6) is 0 Å². The SMILES string of the molecule is Cc1nc(CCNS(=O)(=O)N2CCCCC2CO)no1. The van der Waals surface area contributed by atoms with E-state index >= 15 is 0 Å². The third-order valence-corrected chi connectivity index (χ3v) is 4.96. The Morgan fingerprint density at radius 3 is 2.95 bits per heavy atom. The highest BCUT2D eigenvalue weighted by Gasteiger charge is 2.31. The van der Waals surface area contributed by atoms with Gasteiger partial charge in [0.15, 0.2) is 5.82 Å². The molecule has 20 heavy (non-hydrogen) atoms. The van der Waals surface area contributed by atoms with Gasteiger partial charge < -0.3 is 9.63 Å². The largest absolute Gasteiger partial charge is 0.395 e. The van der Waals surface area contributed by atoms with Gasteiger partial charge in [0.2, 0.25) is 5.89 Å². The third-order valence-electron chi connectivity index (χ3n) is 3.30. The number of aliphatic hydroxyl groups excluding tert-OH is 1. The van der Waals surface area contributed by atoms with Crippen LogP contribution in [0.2, 0.25) is 0 Å². The lowest BCUT2D eigenvalue weighted by molar-refractivity contribution is 0.154. The summed E-state index contributed by atoms with van der Waals surface area (Å²) in [6.45, 7) is 2.18. The molecule has 9 heteroatoms. The number of aliphatic hydroxyl groups is 1. The standard InChI is InChI=1S/C11H20N4O4S/c1-9-13-11(14-19-9)5-6-12-20(17,18)15-7-3-2-4-10(15)8-16/h10,12,16H,2-8H2,1H3. The lowest BCUT2D eigenvalue weighted by Crippen LogP contribution is -2.50. The Bertz CT molecular complexity index is 530. The smallest absolute Gasteiger partial charge is 0.279 e. The van der Waals surface area contributed by atoms with Gasteiger partial charge in [-0.05, 0) is 12.8 Å². The molecule has 2 heterocycles. The summed E-state index contributed by atoms with van der Waals surface area (Å²) in [5.41, 5.74) is 0. The molecule has 2 rings (SSSR count). The van der Waals surface area contributed by atoms with Crippen LogP contribution in [-0.4, -0.2) is 53.7 Å². The van der Waals surface area contributed by atoms with E-state index < -0.39 is 10.2 Å². The first kappa shape index (κ1) is 15.4. The van der Waals surface area contributed by atoms with Gasteiger partial charge in [-0.25, -0.2) is 4.72 Å². The highest BCUT2D eigenvalue weighted by molar-refractivity contribution is 7.87. The molecule has 1 atom stereocenters. The highest BCUT2D eigenvalue weighted by Crippen LogP contribution is 2.19. The van der Waals surface area contributed by atoms with Crippen molar-refractivity contribution in [2.75, 3.05) is 19.7 Å². The summed E-state index contributed by atoms with van der Waals surface area (Å²) in [6.07, 6.45) is 2.83.